The first-order chi connectivity index (χ1) is 7.41. The first kappa shape index (κ1) is 13.0. The molecule has 92 valence electrons. The maximum Gasteiger partial charge on any atom is 0.311 e. The van der Waals surface area contributed by atoms with Crippen LogP contribution in [0.3, 0.4) is 0 Å². The molecule has 0 radical (unpaired) electrons. The van der Waals surface area contributed by atoms with Gasteiger partial charge in [0.05, 0.1) is 11.5 Å². The number of carboxylic acids is 1. The fraction of sp³-hybridized carbons (Fsp3) is 0.818. The summed E-state index contributed by atoms with van der Waals surface area (Å²) in [6, 6.07) is -0.549. The van der Waals surface area contributed by atoms with Gasteiger partial charge in [0.15, 0.2) is 0 Å². The van der Waals surface area contributed by atoms with Crippen molar-refractivity contribution in [1.29, 1.82) is 0 Å². The molecule has 1 aliphatic carbocycles. The van der Waals surface area contributed by atoms with Gasteiger partial charge < -0.3 is 15.7 Å². The summed E-state index contributed by atoms with van der Waals surface area (Å²) < 4.78 is 0. The second-order valence-corrected chi connectivity index (χ2v) is 4.69. The normalized spacial score (nSPS) is 31.1. The van der Waals surface area contributed by atoms with E-state index in [1.54, 1.807) is 20.9 Å². The predicted molar refractivity (Wildman–Crippen MR) is 60.0 cm³/mol. The van der Waals surface area contributed by atoms with E-state index >= 15 is 0 Å². The lowest BCUT2D eigenvalue weighted by Crippen LogP contribution is -2.51. The SMILES string of the molecule is CNC(C)C(=O)NC1CCCC1(C)C(=O)O. The Morgan fingerprint density at radius 1 is 1.50 bits per heavy atom. The molecule has 3 atom stereocenters. The standard InChI is InChI=1S/C11H20N2O3/c1-7(12-3)9(14)13-8-5-4-6-11(8,2)10(15)16/h7-8,12H,4-6H2,1-3H3,(H,13,14)(H,15,16). The average molecular weight is 228 g/mol. The fourth-order valence-corrected chi connectivity index (χ4v) is 2.08. The predicted octanol–water partition coefficient (Wildman–Crippen LogP) is 0.354. The molecule has 1 fully saturated rings. The molecule has 0 bridgehead atoms. The number of hydrogen-bond acceptors (Lipinski definition) is 3. The van der Waals surface area contributed by atoms with Crippen LogP contribution in [-0.2, 0) is 9.59 Å². The van der Waals surface area contributed by atoms with Crippen molar-refractivity contribution in [3.05, 3.63) is 0 Å². The first-order valence-electron chi connectivity index (χ1n) is 5.63. The molecular weight excluding hydrogens is 208 g/mol. The maximum atomic E-state index is 11.7. The zero-order chi connectivity index (χ0) is 12.3. The second kappa shape index (κ2) is 4.82. The highest BCUT2D eigenvalue weighted by atomic mass is 16.4. The number of aliphatic carboxylic acids is 1. The van der Waals surface area contributed by atoms with E-state index < -0.39 is 11.4 Å². The monoisotopic (exact) mass is 228 g/mol. The highest BCUT2D eigenvalue weighted by molar-refractivity contribution is 5.83. The molecule has 0 spiro atoms. The van der Waals surface area contributed by atoms with Gasteiger partial charge in [-0.2, -0.15) is 0 Å². The first-order valence-corrected chi connectivity index (χ1v) is 5.63. The van der Waals surface area contributed by atoms with Crippen molar-refractivity contribution in [1.82, 2.24) is 10.6 Å². The third-order valence-electron chi connectivity index (χ3n) is 3.59. The van der Waals surface area contributed by atoms with E-state index in [-0.39, 0.29) is 18.0 Å². The van der Waals surface area contributed by atoms with Crippen LogP contribution in [0.5, 0.6) is 0 Å². The molecule has 3 N–H and O–H groups in total. The Morgan fingerprint density at radius 2 is 2.12 bits per heavy atom. The van der Waals surface area contributed by atoms with Gasteiger partial charge in [0.25, 0.3) is 0 Å². The van der Waals surface area contributed by atoms with Gasteiger partial charge in [0, 0.05) is 6.04 Å². The van der Waals surface area contributed by atoms with E-state index in [0.29, 0.717) is 6.42 Å². The van der Waals surface area contributed by atoms with Gasteiger partial charge in [-0.05, 0) is 33.7 Å². The van der Waals surface area contributed by atoms with Crippen LogP contribution in [0.15, 0.2) is 0 Å². The molecule has 16 heavy (non-hydrogen) atoms. The molecule has 0 aromatic rings. The van der Waals surface area contributed by atoms with Gasteiger partial charge in [0.1, 0.15) is 0 Å². The number of carbonyl (C=O) groups excluding carboxylic acids is 1. The Bertz CT molecular complexity index is 293. The summed E-state index contributed by atoms with van der Waals surface area (Å²) in [6.45, 7) is 3.46. The molecule has 5 heteroatoms. The number of amides is 1. The quantitative estimate of drug-likeness (QED) is 0.649. The lowest BCUT2D eigenvalue weighted by molar-refractivity contribution is -0.149. The minimum atomic E-state index is -0.826. The highest BCUT2D eigenvalue weighted by Gasteiger charge is 2.46. The van der Waals surface area contributed by atoms with Crippen LogP contribution in [0.4, 0.5) is 0 Å². The van der Waals surface area contributed by atoms with Gasteiger partial charge in [-0.1, -0.05) is 6.42 Å². The lowest BCUT2D eigenvalue weighted by Gasteiger charge is -2.28. The molecule has 1 aliphatic rings. The third-order valence-corrected chi connectivity index (χ3v) is 3.59. The van der Waals surface area contributed by atoms with Crippen LogP contribution in [0.25, 0.3) is 0 Å². The number of likely N-dealkylation sites (N-methyl/N-ethyl adjacent to an activating group) is 1. The molecule has 3 unspecified atom stereocenters. The number of rotatable bonds is 4. The van der Waals surface area contributed by atoms with Gasteiger partial charge in [-0.15, -0.1) is 0 Å². The Morgan fingerprint density at radius 3 is 2.62 bits per heavy atom. The van der Waals surface area contributed by atoms with Crippen molar-refractivity contribution in [2.45, 2.75) is 45.2 Å². The molecular formula is C11H20N2O3. The smallest absolute Gasteiger partial charge is 0.311 e. The van der Waals surface area contributed by atoms with E-state index in [1.165, 1.54) is 0 Å². The number of carboxylic acid groups (broad SMARTS) is 1. The molecule has 0 heterocycles. The van der Waals surface area contributed by atoms with Gasteiger partial charge in [0.2, 0.25) is 5.91 Å². The van der Waals surface area contributed by atoms with Crippen molar-refractivity contribution in [2.75, 3.05) is 7.05 Å². The van der Waals surface area contributed by atoms with Crippen LogP contribution in [0.1, 0.15) is 33.1 Å². The Kier molecular flexibility index (Phi) is 3.91. The summed E-state index contributed by atoms with van der Waals surface area (Å²) in [5.41, 5.74) is -0.816. The summed E-state index contributed by atoms with van der Waals surface area (Å²) in [5.74, 6) is -0.964. The summed E-state index contributed by atoms with van der Waals surface area (Å²) in [6.07, 6.45) is 2.22. The van der Waals surface area contributed by atoms with E-state index in [0.717, 1.165) is 12.8 Å². The Labute approximate surface area is 95.6 Å². The summed E-state index contributed by atoms with van der Waals surface area (Å²) in [7, 11) is 1.70. The third kappa shape index (κ3) is 2.35. The van der Waals surface area contributed by atoms with E-state index in [1.807, 2.05) is 0 Å². The summed E-state index contributed by atoms with van der Waals surface area (Å²) in [5, 5.41) is 14.8. The van der Waals surface area contributed by atoms with Crippen LogP contribution >= 0.6 is 0 Å². The molecule has 0 aliphatic heterocycles. The van der Waals surface area contributed by atoms with Gasteiger partial charge >= 0.3 is 5.97 Å². The number of hydrogen-bond donors (Lipinski definition) is 3. The van der Waals surface area contributed by atoms with Crippen LogP contribution in [-0.4, -0.2) is 36.1 Å². The van der Waals surface area contributed by atoms with Crippen LogP contribution in [0.2, 0.25) is 0 Å². The van der Waals surface area contributed by atoms with Crippen LogP contribution < -0.4 is 10.6 Å². The molecule has 1 saturated carbocycles. The summed E-state index contributed by atoms with van der Waals surface area (Å²) in [4.78, 5) is 22.9. The van der Waals surface area contributed by atoms with Crippen molar-refractivity contribution in [2.24, 2.45) is 5.41 Å². The zero-order valence-electron chi connectivity index (χ0n) is 10.0. The molecule has 0 aromatic heterocycles. The maximum absolute atomic E-state index is 11.7. The van der Waals surface area contributed by atoms with Crippen molar-refractivity contribution in [3.8, 4) is 0 Å². The Hall–Kier alpha value is -1.10. The molecule has 1 rings (SSSR count). The minimum Gasteiger partial charge on any atom is -0.481 e. The highest BCUT2D eigenvalue weighted by Crippen LogP contribution is 2.38. The molecule has 0 aromatic carbocycles. The fourth-order valence-electron chi connectivity index (χ4n) is 2.08. The van der Waals surface area contributed by atoms with E-state index in [9.17, 15) is 14.7 Å². The average Bonchev–Trinajstić information content (AvgIpc) is 2.60. The van der Waals surface area contributed by atoms with Crippen molar-refractivity contribution >= 4 is 11.9 Å². The number of nitrogens with one attached hydrogen (secondary N) is 2. The largest absolute Gasteiger partial charge is 0.481 e. The molecule has 0 saturated heterocycles. The number of carbonyl (C=O) groups is 2. The topological polar surface area (TPSA) is 78.4 Å². The minimum absolute atomic E-state index is 0.137. The molecule has 1 amide bonds. The van der Waals surface area contributed by atoms with Crippen molar-refractivity contribution < 1.29 is 14.7 Å². The van der Waals surface area contributed by atoms with Gasteiger partial charge in [-0.25, -0.2) is 0 Å². The van der Waals surface area contributed by atoms with Gasteiger partial charge in [-0.3, -0.25) is 9.59 Å². The van der Waals surface area contributed by atoms with E-state index in [4.69, 9.17) is 0 Å². The zero-order valence-corrected chi connectivity index (χ0v) is 10.0. The van der Waals surface area contributed by atoms with E-state index in [2.05, 4.69) is 10.6 Å². The Balaban J connectivity index is 2.67. The van der Waals surface area contributed by atoms with Crippen molar-refractivity contribution in [3.63, 3.8) is 0 Å². The summed E-state index contributed by atoms with van der Waals surface area (Å²) >= 11 is 0. The van der Waals surface area contributed by atoms with Crippen LogP contribution in [0, 0.1) is 5.41 Å². The molecule has 5 nitrogen and oxygen atoms in total. The second-order valence-electron chi connectivity index (χ2n) is 4.69. The lowest BCUT2D eigenvalue weighted by atomic mass is 9.85.